The number of methoxy groups -OCH3 is 1. The smallest absolute Gasteiger partial charge is 0.0637 e. The highest BCUT2D eigenvalue weighted by molar-refractivity contribution is 9.10. The van der Waals surface area contributed by atoms with Gasteiger partial charge in [-0.2, -0.15) is 0 Å². The number of halogens is 2. The minimum atomic E-state index is 0.535. The Balaban J connectivity index is 3.01. The molecule has 0 aromatic heterocycles. The molecule has 4 heteroatoms. The summed E-state index contributed by atoms with van der Waals surface area (Å²) in [4.78, 5) is 2.42. The molecule has 2 nitrogen and oxygen atoms in total. The summed E-state index contributed by atoms with van der Waals surface area (Å²) in [5.41, 5.74) is 2.35. The van der Waals surface area contributed by atoms with Crippen molar-refractivity contribution < 1.29 is 4.74 Å². The van der Waals surface area contributed by atoms with Gasteiger partial charge in [-0.15, -0.1) is 11.6 Å². The second kappa shape index (κ2) is 8.83. The molecular weight excluding hydrogens is 326 g/mol. The molecule has 0 fully saturated rings. The van der Waals surface area contributed by atoms with E-state index in [2.05, 4.69) is 52.9 Å². The van der Waals surface area contributed by atoms with Gasteiger partial charge in [-0.25, -0.2) is 0 Å². The van der Waals surface area contributed by atoms with E-state index in [4.69, 9.17) is 16.3 Å². The van der Waals surface area contributed by atoms with Crippen molar-refractivity contribution in [2.75, 3.05) is 25.2 Å². The number of nitrogens with zero attached hydrogens (tertiary/aromatic N) is 1. The van der Waals surface area contributed by atoms with Crippen molar-refractivity contribution in [2.45, 2.75) is 38.6 Å². The van der Waals surface area contributed by atoms with E-state index in [-0.39, 0.29) is 0 Å². The van der Waals surface area contributed by atoms with Gasteiger partial charge in [0.25, 0.3) is 0 Å². The van der Waals surface area contributed by atoms with Crippen LogP contribution < -0.4 is 4.90 Å². The van der Waals surface area contributed by atoms with Gasteiger partial charge in [-0.1, -0.05) is 19.9 Å². The molecule has 0 saturated carbocycles. The van der Waals surface area contributed by atoms with Gasteiger partial charge in [0.2, 0.25) is 0 Å². The van der Waals surface area contributed by atoms with Gasteiger partial charge in [0.15, 0.2) is 0 Å². The Morgan fingerprint density at radius 1 is 1.32 bits per heavy atom. The molecule has 1 rings (SSSR count). The maximum absolute atomic E-state index is 5.88. The molecule has 0 radical (unpaired) electrons. The Morgan fingerprint density at radius 3 is 2.47 bits per heavy atom. The first-order valence-electron chi connectivity index (χ1n) is 6.77. The second-order valence-electron chi connectivity index (χ2n) is 4.58. The lowest BCUT2D eigenvalue weighted by Gasteiger charge is -2.33. The van der Waals surface area contributed by atoms with E-state index >= 15 is 0 Å². The minimum Gasteiger partial charge on any atom is -0.383 e. The SMILES string of the molecule is CCC(CC)N(CCOC)c1ccc(CCl)cc1Br. The Bertz CT molecular complexity index is 382. The van der Waals surface area contributed by atoms with E-state index in [0.29, 0.717) is 11.9 Å². The van der Waals surface area contributed by atoms with Crippen LogP contribution in [0.2, 0.25) is 0 Å². The van der Waals surface area contributed by atoms with E-state index in [0.717, 1.165) is 36.0 Å². The first-order chi connectivity index (χ1) is 9.17. The van der Waals surface area contributed by atoms with Gasteiger partial charge in [0.1, 0.15) is 0 Å². The normalized spacial score (nSPS) is 11.1. The summed E-state index contributed by atoms with van der Waals surface area (Å²) in [6, 6.07) is 6.88. The number of anilines is 1. The fourth-order valence-electron chi connectivity index (χ4n) is 2.29. The van der Waals surface area contributed by atoms with Crippen molar-refractivity contribution in [1.29, 1.82) is 0 Å². The zero-order valence-corrected chi connectivity index (χ0v) is 14.3. The summed E-state index contributed by atoms with van der Waals surface area (Å²) in [6.07, 6.45) is 2.26. The highest BCUT2D eigenvalue weighted by Gasteiger charge is 2.17. The van der Waals surface area contributed by atoms with Crippen molar-refractivity contribution in [3.63, 3.8) is 0 Å². The molecule has 0 unspecified atom stereocenters. The van der Waals surface area contributed by atoms with Crippen LogP contribution in [0.5, 0.6) is 0 Å². The summed E-state index contributed by atoms with van der Waals surface area (Å²) in [6.45, 7) is 6.10. The highest BCUT2D eigenvalue weighted by Crippen LogP contribution is 2.30. The number of hydrogen-bond acceptors (Lipinski definition) is 2. The first-order valence-corrected chi connectivity index (χ1v) is 8.10. The van der Waals surface area contributed by atoms with Crippen molar-refractivity contribution in [2.24, 2.45) is 0 Å². The molecular formula is C15H23BrClNO. The number of alkyl halides is 1. The molecule has 1 aromatic carbocycles. The third-order valence-corrected chi connectivity index (χ3v) is 4.34. The zero-order chi connectivity index (χ0) is 14.3. The van der Waals surface area contributed by atoms with Crippen LogP contribution in [-0.4, -0.2) is 26.3 Å². The predicted octanol–water partition coefficient (Wildman–Crippen LogP) is 4.83. The summed E-state index contributed by atoms with van der Waals surface area (Å²) in [7, 11) is 1.75. The van der Waals surface area contributed by atoms with Crippen LogP contribution in [-0.2, 0) is 10.6 Å². The number of benzene rings is 1. The molecule has 0 spiro atoms. The van der Waals surface area contributed by atoms with Crippen LogP contribution in [0.4, 0.5) is 5.69 Å². The van der Waals surface area contributed by atoms with Crippen LogP contribution in [0.25, 0.3) is 0 Å². The summed E-state index contributed by atoms with van der Waals surface area (Å²) >= 11 is 9.54. The fraction of sp³-hybridized carbons (Fsp3) is 0.600. The molecule has 108 valence electrons. The van der Waals surface area contributed by atoms with Gasteiger partial charge in [-0.3, -0.25) is 0 Å². The molecule has 0 N–H and O–H groups in total. The number of ether oxygens (including phenoxy) is 1. The largest absolute Gasteiger partial charge is 0.383 e. The van der Waals surface area contributed by atoms with Gasteiger partial charge in [-0.05, 0) is 46.5 Å². The number of hydrogen-bond donors (Lipinski definition) is 0. The maximum atomic E-state index is 5.88. The molecule has 0 aliphatic heterocycles. The molecule has 0 heterocycles. The van der Waals surface area contributed by atoms with E-state index in [1.54, 1.807) is 7.11 Å². The summed E-state index contributed by atoms with van der Waals surface area (Å²) in [5, 5.41) is 0. The zero-order valence-electron chi connectivity index (χ0n) is 12.0. The quantitative estimate of drug-likeness (QED) is 0.624. The maximum Gasteiger partial charge on any atom is 0.0637 e. The molecule has 0 atom stereocenters. The van der Waals surface area contributed by atoms with Crippen LogP contribution in [0.3, 0.4) is 0 Å². The number of rotatable bonds is 8. The molecule has 0 saturated heterocycles. The third kappa shape index (κ3) is 4.66. The Hall–Kier alpha value is -0.250. The van der Waals surface area contributed by atoms with Crippen molar-refractivity contribution in [3.8, 4) is 0 Å². The van der Waals surface area contributed by atoms with E-state index in [9.17, 15) is 0 Å². The van der Waals surface area contributed by atoms with E-state index < -0.39 is 0 Å². The van der Waals surface area contributed by atoms with Gasteiger partial charge in [0, 0.05) is 30.0 Å². The molecule has 0 amide bonds. The monoisotopic (exact) mass is 347 g/mol. The lowest BCUT2D eigenvalue weighted by molar-refractivity contribution is 0.202. The van der Waals surface area contributed by atoms with Gasteiger partial charge in [0.05, 0.1) is 12.3 Å². The third-order valence-electron chi connectivity index (χ3n) is 3.40. The highest BCUT2D eigenvalue weighted by atomic mass is 79.9. The Labute approximate surface area is 130 Å². The van der Waals surface area contributed by atoms with Crippen LogP contribution in [0.1, 0.15) is 32.3 Å². The Kier molecular flexibility index (Phi) is 7.81. The molecule has 0 aliphatic rings. The first kappa shape index (κ1) is 16.8. The molecule has 1 aromatic rings. The lowest BCUT2D eigenvalue weighted by Crippen LogP contribution is -2.37. The minimum absolute atomic E-state index is 0.535. The predicted molar refractivity (Wildman–Crippen MR) is 87.3 cm³/mol. The van der Waals surface area contributed by atoms with E-state index in [1.807, 2.05) is 0 Å². The van der Waals surface area contributed by atoms with Crippen LogP contribution >= 0.6 is 27.5 Å². The summed E-state index contributed by atoms with van der Waals surface area (Å²) in [5.74, 6) is 0.544. The summed E-state index contributed by atoms with van der Waals surface area (Å²) < 4.78 is 6.34. The average molecular weight is 349 g/mol. The van der Waals surface area contributed by atoms with E-state index in [1.165, 1.54) is 5.69 Å². The van der Waals surface area contributed by atoms with Crippen molar-refractivity contribution >= 4 is 33.2 Å². The van der Waals surface area contributed by atoms with Gasteiger partial charge >= 0.3 is 0 Å². The topological polar surface area (TPSA) is 12.5 Å². The fourth-order valence-corrected chi connectivity index (χ4v) is 3.11. The Morgan fingerprint density at radius 2 is 2.00 bits per heavy atom. The van der Waals surface area contributed by atoms with Crippen molar-refractivity contribution in [1.82, 2.24) is 0 Å². The molecule has 19 heavy (non-hydrogen) atoms. The second-order valence-corrected chi connectivity index (χ2v) is 5.70. The van der Waals surface area contributed by atoms with Crippen molar-refractivity contribution in [3.05, 3.63) is 28.2 Å². The molecule has 0 aliphatic carbocycles. The molecule has 0 bridgehead atoms. The standard InChI is InChI=1S/C15H23BrClNO/c1-4-13(5-2)18(8-9-19-3)15-7-6-12(11-17)10-14(15)16/h6-7,10,13H,4-5,8-9,11H2,1-3H3. The lowest BCUT2D eigenvalue weighted by atomic mass is 10.1. The average Bonchev–Trinajstić information content (AvgIpc) is 2.44. The van der Waals surface area contributed by atoms with Crippen LogP contribution in [0.15, 0.2) is 22.7 Å². The van der Waals surface area contributed by atoms with Gasteiger partial charge < -0.3 is 9.64 Å². The van der Waals surface area contributed by atoms with Crippen LogP contribution in [0, 0.1) is 0 Å².